The Morgan fingerprint density at radius 1 is 0.825 bits per heavy atom. The van der Waals surface area contributed by atoms with Crippen molar-refractivity contribution in [2.75, 3.05) is 0 Å². The average molecular weight is 525 g/mol. The van der Waals surface area contributed by atoms with E-state index in [1.54, 1.807) is 12.2 Å². The maximum Gasteiger partial charge on any atom is 0.120 e. The number of hydrogen-bond acceptors (Lipinski definition) is 3. The van der Waals surface area contributed by atoms with Crippen molar-refractivity contribution in [3.05, 3.63) is 132 Å². The summed E-state index contributed by atoms with van der Waals surface area (Å²) < 4.78 is 0. The fourth-order valence-corrected chi connectivity index (χ4v) is 8.35. The van der Waals surface area contributed by atoms with E-state index in [0.29, 0.717) is 11.1 Å². The first-order chi connectivity index (χ1) is 19.2. The van der Waals surface area contributed by atoms with Crippen LogP contribution in [0.5, 0.6) is 0 Å². The Morgan fingerprint density at radius 3 is 1.95 bits per heavy atom. The van der Waals surface area contributed by atoms with Gasteiger partial charge in [0.2, 0.25) is 0 Å². The lowest BCUT2D eigenvalue weighted by Gasteiger charge is -2.41. The minimum atomic E-state index is -1.45. The number of benzene rings is 3. The van der Waals surface area contributed by atoms with Gasteiger partial charge in [-0.15, -0.1) is 25.5 Å². The summed E-state index contributed by atoms with van der Waals surface area (Å²) in [4.78, 5) is 0. The second-order valence-corrected chi connectivity index (χ2v) is 11.8. The van der Waals surface area contributed by atoms with E-state index in [9.17, 15) is 15.3 Å². The third kappa shape index (κ3) is 2.63. The van der Waals surface area contributed by atoms with Gasteiger partial charge in [0.05, 0.1) is 0 Å². The molecule has 3 aromatic carbocycles. The van der Waals surface area contributed by atoms with Crippen LogP contribution in [0, 0.1) is 17.8 Å². The van der Waals surface area contributed by atoms with Gasteiger partial charge in [0.1, 0.15) is 16.8 Å². The van der Waals surface area contributed by atoms with E-state index in [1.807, 2.05) is 60.7 Å². The number of aliphatic hydroxyl groups is 3. The lowest BCUT2D eigenvalue weighted by molar-refractivity contribution is -0.0445. The van der Waals surface area contributed by atoms with Crippen molar-refractivity contribution in [3.63, 3.8) is 0 Å². The SMILES string of the molecule is C#CCC1(O)c2c3c(c4c(c2C2C=CC=CC21C)C(O)(CC=C)c1ccccc1-4)C(O)(CC=C)c1ccccc1-3. The Hall–Kier alpha value is -3.94. The van der Waals surface area contributed by atoms with Crippen LogP contribution in [-0.2, 0) is 16.8 Å². The molecule has 0 fully saturated rings. The van der Waals surface area contributed by atoms with Gasteiger partial charge in [0, 0.05) is 41.7 Å². The maximum absolute atomic E-state index is 12.9. The van der Waals surface area contributed by atoms with Crippen LogP contribution in [0.25, 0.3) is 22.3 Å². The standard InChI is InChI=1S/C37H32O3/c1-5-19-35(38)26-17-11-9-15-24(26)29-31(35)28-23-14-8-10-16-25(23)36(39,20-6-2)32(28)30-27-18-12-13-22-34(27,4)37(40,21-7-3)33(29)30/h3,5-6,8-18,22,27,38-40H,1-2,19-21H2,4H3. The first-order valence-corrected chi connectivity index (χ1v) is 13.9. The van der Waals surface area contributed by atoms with Gasteiger partial charge in [-0.3, -0.25) is 0 Å². The summed E-state index contributed by atoms with van der Waals surface area (Å²) in [5, 5.41) is 38.4. The predicted molar refractivity (Wildman–Crippen MR) is 159 cm³/mol. The summed E-state index contributed by atoms with van der Waals surface area (Å²) in [5.74, 6) is 2.54. The molecule has 3 aromatic rings. The van der Waals surface area contributed by atoms with Crippen LogP contribution in [-0.4, -0.2) is 15.3 Å². The van der Waals surface area contributed by atoms with E-state index in [-0.39, 0.29) is 25.2 Å². The van der Waals surface area contributed by atoms with Crippen LogP contribution in [0.2, 0.25) is 0 Å². The maximum atomic E-state index is 12.9. The molecule has 5 unspecified atom stereocenters. The molecular weight excluding hydrogens is 492 g/mol. The Morgan fingerprint density at radius 2 is 1.38 bits per heavy atom. The van der Waals surface area contributed by atoms with Gasteiger partial charge in [-0.1, -0.05) is 91.9 Å². The Kier molecular flexibility index (Phi) is 5.05. The van der Waals surface area contributed by atoms with Gasteiger partial charge in [0.25, 0.3) is 0 Å². The number of fused-ring (bicyclic) bond motifs is 12. The molecule has 3 heteroatoms. The summed E-state index contributed by atoms with van der Waals surface area (Å²) >= 11 is 0. The topological polar surface area (TPSA) is 60.7 Å². The molecule has 0 radical (unpaired) electrons. The first kappa shape index (κ1) is 25.1. The average Bonchev–Trinajstić information content (AvgIpc) is 3.43. The highest BCUT2D eigenvalue weighted by atomic mass is 16.3. The number of hydrogen-bond donors (Lipinski definition) is 3. The van der Waals surface area contributed by atoms with E-state index in [1.165, 1.54) is 0 Å². The van der Waals surface area contributed by atoms with Crippen molar-refractivity contribution in [1.82, 2.24) is 0 Å². The predicted octanol–water partition coefficient (Wildman–Crippen LogP) is 6.71. The third-order valence-electron chi connectivity index (χ3n) is 10.0. The molecule has 3 N–H and O–H groups in total. The zero-order valence-electron chi connectivity index (χ0n) is 22.6. The van der Waals surface area contributed by atoms with Crippen LogP contribution in [0.15, 0.2) is 98.1 Å². The first-order valence-electron chi connectivity index (χ1n) is 13.9. The molecule has 0 heterocycles. The fourth-order valence-electron chi connectivity index (χ4n) is 8.35. The van der Waals surface area contributed by atoms with Gasteiger partial charge in [-0.2, -0.15) is 0 Å². The van der Waals surface area contributed by atoms with E-state index < -0.39 is 22.2 Å². The summed E-state index contributed by atoms with van der Waals surface area (Å²) in [6, 6.07) is 15.8. The molecule has 3 nitrogen and oxygen atoms in total. The zero-order valence-corrected chi connectivity index (χ0v) is 22.6. The molecule has 5 atom stereocenters. The molecule has 40 heavy (non-hydrogen) atoms. The smallest absolute Gasteiger partial charge is 0.120 e. The normalized spacial score (nSPS) is 31.4. The van der Waals surface area contributed by atoms with Gasteiger partial charge in [0.15, 0.2) is 0 Å². The Labute approximate surface area is 235 Å². The largest absolute Gasteiger partial charge is 0.383 e. The fraction of sp³-hybridized carbons (Fsp3) is 0.243. The van der Waals surface area contributed by atoms with Crippen molar-refractivity contribution in [2.24, 2.45) is 5.41 Å². The van der Waals surface area contributed by atoms with Crippen molar-refractivity contribution in [1.29, 1.82) is 0 Å². The van der Waals surface area contributed by atoms with Crippen LogP contribution in [0.3, 0.4) is 0 Å². The molecule has 0 bridgehead atoms. The number of allylic oxidation sites excluding steroid dienone is 3. The minimum absolute atomic E-state index is 0.0886. The van der Waals surface area contributed by atoms with Crippen molar-refractivity contribution >= 4 is 0 Å². The molecular formula is C37H32O3. The van der Waals surface area contributed by atoms with E-state index in [4.69, 9.17) is 6.42 Å². The van der Waals surface area contributed by atoms with Crippen LogP contribution < -0.4 is 0 Å². The molecule has 4 aliphatic rings. The molecule has 198 valence electrons. The van der Waals surface area contributed by atoms with Crippen molar-refractivity contribution in [2.45, 2.75) is 48.9 Å². The van der Waals surface area contributed by atoms with Gasteiger partial charge in [-0.05, 0) is 44.5 Å². The number of rotatable bonds is 5. The summed E-state index contributed by atoms with van der Waals surface area (Å²) in [5.41, 5.74) is 3.02. The van der Waals surface area contributed by atoms with Gasteiger partial charge >= 0.3 is 0 Å². The summed E-state index contributed by atoms with van der Waals surface area (Å²) in [7, 11) is 0. The molecule has 0 aliphatic heterocycles. The summed E-state index contributed by atoms with van der Waals surface area (Å²) in [6.07, 6.45) is 18.3. The second-order valence-electron chi connectivity index (χ2n) is 11.8. The highest BCUT2D eigenvalue weighted by Crippen LogP contribution is 2.71. The van der Waals surface area contributed by atoms with Crippen LogP contribution in [0.4, 0.5) is 0 Å². The molecule has 0 aromatic heterocycles. The Bertz CT molecular complexity index is 1750. The molecule has 4 aliphatic carbocycles. The minimum Gasteiger partial charge on any atom is -0.383 e. The number of terminal acetylenes is 1. The highest BCUT2D eigenvalue weighted by Gasteiger charge is 2.64. The highest BCUT2D eigenvalue weighted by molar-refractivity contribution is 5.98. The monoisotopic (exact) mass is 524 g/mol. The Balaban J connectivity index is 1.78. The van der Waals surface area contributed by atoms with Crippen molar-refractivity contribution < 1.29 is 15.3 Å². The van der Waals surface area contributed by atoms with Gasteiger partial charge < -0.3 is 15.3 Å². The van der Waals surface area contributed by atoms with Crippen LogP contribution in [0.1, 0.15) is 65.5 Å². The third-order valence-corrected chi connectivity index (χ3v) is 10.0. The molecule has 7 rings (SSSR count). The van der Waals surface area contributed by atoms with E-state index in [2.05, 4.69) is 38.2 Å². The van der Waals surface area contributed by atoms with Crippen molar-refractivity contribution in [3.8, 4) is 34.6 Å². The quantitative estimate of drug-likeness (QED) is 0.257. The lowest BCUT2D eigenvalue weighted by Crippen LogP contribution is -2.41. The van der Waals surface area contributed by atoms with E-state index in [0.717, 1.165) is 44.5 Å². The van der Waals surface area contributed by atoms with Gasteiger partial charge in [-0.25, -0.2) is 0 Å². The molecule has 0 spiro atoms. The van der Waals surface area contributed by atoms with E-state index >= 15 is 0 Å². The second kappa shape index (κ2) is 8.05. The molecule has 0 saturated carbocycles. The van der Waals surface area contributed by atoms with Crippen LogP contribution >= 0.6 is 0 Å². The zero-order chi connectivity index (χ0) is 28.1. The summed E-state index contributed by atoms with van der Waals surface area (Å²) in [6.45, 7) is 10.1. The molecule has 0 amide bonds. The lowest BCUT2D eigenvalue weighted by atomic mass is 9.65. The molecule has 0 saturated heterocycles.